The molecule has 1 unspecified atom stereocenters. The van der Waals surface area contributed by atoms with Crippen molar-refractivity contribution in [1.82, 2.24) is 4.90 Å². The van der Waals surface area contributed by atoms with Crippen molar-refractivity contribution in [3.8, 4) is 0 Å². The molecule has 1 N–H and O–H groups in total. The van der Waals surface area contributed by atoms with Crippen molar-refractivity contribution in [2.24, 2.45) is 5.41 Å². The number of benzene rings is 1. The van der Waals surface area contributed by atoms with Gasteiger partial charge in [-0.15, -0.1) is 0 Å². The Bertz CT molecular complexity index is 679. The number of para-hydroxylation sites is 2. The molecule has 1 aromatic rings. The smallest absolute Gasteiger partial charge is 0.312 e. The number of rotatable bonds is 6. The summed E-state index contributed by atoms with van der Waals surface area (Å²) >= 11 is 0. The van der Waals surface area contributed by atoms with Crippen LogP contribution >= 0.6 is 0 Å². The lowest BCUT2D eigenvalue weighted by atomic mass is 9.83. The molecular weight excluding hydrogens is 342 g/mol. The number of hydrogen-bond donors (Lipinski definition) is 1. The summed E-state index contributed by atoms with van der Waals surface area (Å²) in [6.45, 7) is 4.83. The Labute approximate surface area is 160 Å². The highest BCUT2D eigenvalue weighted by molar-refractivity contribution is 5.81. The van der Waals surface area contributed by atoms with Crippen molar-refractivity contribution in [3.05, 3.63) is 24.3 Å². The number of anilines is 2. The van der Waals surface area contributed by atoms with Gasteiger partial charge >= 0.3 is 5.97 Å². The largest absolute Gasteiger partial charge is 0.462 e. The second-order valence-electron chi connectivity index (χ2n) is 8.12. The van der Waals surface area contributed by atoms with Gasteiger partial charge in [-0.05, 0) is 31.4 Å². The number of nitrogens with zero attached hydrogens (tertiary/aromatic N) is 2. The van der Waals surface area contributed by atoms with E-state index in [4.69, 9.17) is 4.74 Å². The molecule has 2 saturated heterocycles. The van der Waals surface area contributed by atoms with E-state index in [0.717, 1.165) is 76.2 Å². The predicted octanol–water partition coefficient (Wildman–Crippen LogP) is 2.64. The fourth-order valence-electron chi connectivity index (χ4n) is 4.93. The maximum absolute atomic E-state index is 12.3. The standard InChI is InChI=1S/C21H29N3O3/c25-16-22-18-5-1-2-6-19(18)24-13-11-23(12-14-24)10-7-17-15-21(20(26)27-17)8-3-4-9-21/h1-2,5-6,16-17H,3-4,7-15H2,(H,22,25). The number of esters is 1. The normalized spacial score (nSPS) is 25.0. The van der Waals surface area contributed by atoms with Crippen LogP contribution < -0.4 is 10.2 Å². The molecule has 6 nitrogen and oxygen atoms in total. The molecule has 1 aromatic carbocycles. The first-order valence-corrected chi connectivity index (χ1v) is 10.2. The molecule has 2 aliphatic heterocycles. The van der Waals surface area contributed by atoms with Crippen LogP contribution in [0.1, 0.15) is 38.5 Å². The number of ether oxygens (including phenoxy) is 1. The number of cyclic esters (lactones) is 1. The van der Waals surface area contributed by atoms with Crippen molar-refractivity contribution >= 4 is 23.8 Å². The average Bonchev–Trinajstić information content (AvgIpc) is 3.29. The maximum Gasteiger partial charge on any atom is 0.312 e. The van der Waals surface area contributed by atoms with Gasteiger partial charge in [0.15, 0.2) is 0 Å². The van der Waals surface area contributed by atoms with Crippen molar-refractivity contribution < 1.29 is 14.3 Å². The van der Waals surface area contributed by atoms with E-state index in [1.807, 2.05) is 18.2 Å². The molecule has 0 bridgehead atoms. The summed E-state index contributed by atoms with van der Waals surface area (Å²) in [4.78, 5) is 27.9. The number of amides is 1. The van der Waals surface area contributed by atoms with E-state index in [9.17, 15) is 9.59 Å². The fourth-order valence-corrected chi connectivity index (χ4v) is 4.93. The number of carbonyl (C=O) groups excluding carboxylic acids is 2. The van der Waals surface area contributed by atoms with Crippen molar-refractivity contribution in [1.29, 1.82) is 0 Å². The van der Waals surface area contributed by atoms with Crippen LogP contribution in [0.2, 0.25) is 0 Å². The zero-order chi connectivity index (χ0) is 18.7. The lowest BCUT2D eigenvalue weighted by Gasteiger charge is -2.37. The highest BCUT2D eigenvalue weighted by atomic mass is 16.6. The topological polar surface area (TPSA) is 61.9 Å². The maximum atomic E-state index is 12.3. The number of piperazine rings is 1. The summed E-state index contributed by atoms with van der Waals surface area (Å²) in [5.41, 5.74) is 1.80. The zero-order valence-electron chi connectivity index (χ0n) is 15.9. The third kappa shape index (κ3) is 3.81. The number of nitrogens with one attached hydrogen (secondary N) is 1. The van der Waals surface area contributed by atoms with Gasteiger partial charge in [0, 0.05) is 39.1 Å². The Kier molecular flexibility index (Phi) is 5.34. The summed E-state index contributed by atoms with van der Waals surface area (Å²) in [7, 11) is 0. The lowest BCUT2D eigenvalue weighted by molar-refractivity contribution is -0.148. The first-order valence-electron chi connectivity index (χ1n) is 10.2. The first-order chi connectivity index (χ1) is 13.2. The van der Waals surface area contributed by atoms with E-state index in [1.165, 1.54) is 12.8 Å². The zero-order valence-corrected chi connectivity index (χ0v) is 15.9. The highest BCUT2D eigenvalue weighted by Gasteiger charge is 2.50. The Morgan fingerprint density at radius 3 is 2.63 bits per heavy atom. The summed E-state index contributed by atoms with van der Waals surface area (Å²) in [5, 5.41) is 2.79. The van der Waals surface area contributed by atoms with Gasteiger partial charge in [0.05, 0.1) is 16.8 Å². The minimum Gasteiger partial charge on any atom is -0.462 e. The average molecular weight is 371 g/mol. The number of carbonyl (C=O) groups is 2. The second-order valence-corrected chi connectivity index (χ2v) is 8.12. The molecule has 1 spiro atoms. The van der Waals surface area contributed by atoms with Gasteiger partial charge in [-0.3, -0.25) is 14.5 Å². The molecule has 1 aliphatic carbocycles. The van der Waals surface area contributed by atoms with Gasteiger partial charge in [0.25, 0.3) is 0 Å². The van der Waals surface area contributed by atoms with Crippen LogP contribution in [-0.2, 0) is 14.3 Å². The molecule has 6 heteroatoms. The molecule has 1 saturated carbocycles. The molecule has 0 aromatic heterocycles. The summed E-state index contributed by atoms with van der Waals surface area (Å²) < 4.78 is 5.71. The SMILES string of the molecule is O=CNc1ccccc1N1CCN(CCC2CC3(CCCC3)C(=O)O2)CC1. The van der Waals surface area contributed by atoms with Crippen LogP contribution in [0, 0.1) is 5.41 Å². The Balaban J connectivity index is 1.26. The van der Waals surface area contributed by atoms with E-state index in [1.54, 1.807) is 0 Å². The lowest BCUT2D eigenvalue weighted by Crippen LogP contribution is -2.47. The molecule has 1 amide bonds. The van der Waals surface area contributed by atoms with Gasteiger partial charge in [-0.25, -0.2) is 0 Å². The monoisotopic (exact) mass is 371 g/mol. The molecule has 27 heavy (non-hydrogen) atoms. The van der Waals surface area contributed by atoms with E-state index >= 15 is 0 Å². The van der Waals surface area contributed by atoms with Crippen LogP contribution in [0.25, 0.3) is 0 Å². The predicted molar refractivity (Wildman–Crippen MR) is 105 cm³/mol. The summed E-state index contributed by atoms with van der Waals surface area (Å²) in [5.74, 6) is 0.0640. The Hall–Kier alpha value is -2.08. The number of hydrogen-bond acceptors (Lipinski definition) is 5. The van der Waals surface area contributed by atoms with Crippen LogP contribution in [0.5, 0.6) is 0 Å². The quantitative estimate of drug-likeness (QED) is 0.615. The second kappa shape index (κ2) is 7.89. The minimum absolute atomic E-state index is 0.0640. The van der Waals surface area contributed by atoms with Crippen molar-refractivity contribution in [2.45, 2.75) is 44.6 Å². The Morgan fingerprint density at radius 1 is 1.15 bits per heavy atom. The van der Waals surface area contributed by atoms with Gasteiger partial charge in [-0.1, -0.05) is 25.0 Å². The molecule has 4 rings (SSSR count). The highest BCUT2D eigenvalue weighted by Crippen LogP contribution is 2.48. The molecule has 2 heterocycles. The van der Waals surface area contributed by atoms with Crippen LogP contribution in [-0.4, -0.2) is 56.1 Å². The van der Waals surface area contributed by atoms with Crippen LogP contribution in [0.15, 0.2) is 24.3 Å². The van der Waals surface area contributed by atoms with Gasteiger partial charge in [-0.2, -0.15) is 0 Å². The van der Waals surface area contributed by atoms with E-state index in [-0.39, 0.29) is 17.5 Å². The van der Waals surface area contributed by atoms with Gasteiger partial charge in [0.2, 0.25) is 6.41 Å². The minimum atomic E-state index is -0.140. The van der Waals surface area contributed by atoms with E-state index in [2.05, 4.69) is 21.2 Å². The molecule has 1 atom stereocenters. The van der Waals surface area contributed by atoms with Crippen LogP contribution in [0.4, 0.5) is 11.4 Å². The third-order valence-corrected chi connectivity index (χ3v) is 6.48. The summed E-state index contributed by atoms with van der Waals surface area (Å²) in [6.07, 6.45) is 7.09. The molecular formula is C21H29N3O3. The third-order valence-electron chi connectivity index (χ3n) is 6.48. The molecule has 146 valence electrons. The first kappa shape index (κ1) is 18.3. The van der Waals surface area contributed by atoms with Gasteiger partial charge in [0.1, 0.15) is 6.10 Å². The fraction of sp³-hybridized carbons (Fsp3) is 0.619. The Morgan fingerprint density at radius 2 is 1.89 bits per heavy atom. The van der Waals surface area contributed by atoms with E-state index < -0.39 is 0 Å². The van der Waals surface area contributed by atoms with Crippen molar-refractivity contribution in [2.75, 3.05) is 42.9 Å². The molecule has 0 radical (unpaired) electrons. The summed E-state index contributed by atoms with van der Waals surface area (Å²) in [6, 6.07) is 7.93. The van der Waals surface area contributed by atoms with Gasteiger partial charge < -0.3 is 15.0 Å². The van der Waals surface area contributed by atoms with Crippen LogP contribution in [0.3, 0.4) is 0 Å². The van der Waals surface area contributed by atoms with Crippen molar-refractivity contribution in [3.63, 3.8) is 0 Å². The van der Waals surface area contributed by atoms with E-state index in [0.29, 0.717) is 0 Å². The molecule has 3 aliphatic rings. The molecule has 3 fully saturated rings.